The Balaban J connectivity index is 1.49. The number of nitrogens with one attached hydrogen (secondary N) is 1. The van der Waals surface area contributed by atoms with Crippen molar-refractivity contribution in [1.82, 2.24) is 35.5 Å². The first-order valence-electron chi connectivity index (χ1n) is 11.8. The monoisotopic (exact) mass is 466 g/mol. The molecule has 1 atom stereocenters. The lowest BCUT2D eigenvalue weighted by molar-refractivity contribution is -0.0428. The smallest absolute Gasteiger partial charge is 0.225 e. The average molecular weight is 467 g/mol. The van der Waals surface area contributed by atoms with Crippen LogP contribution in [-0.2, 0) is 4.74 Å². The topological polar surface area (TPSA) is 103 Å². The molecule has 182 valence electrons. The summed E-state index contributed by atoms with van der Waals surface area (Å²) in [6.07, 6.45) is 5.72. The summed E-state index contributed by atoms with van der Waals surface area (Å²) in [5, 5.41) is 16.4. The minimum absolute atomic E-state index is 0.205. The summed E-state index contributed by atoms with van der Waals surface area (Å²) in [6.45, 7) is 9.49. The summed E-state index contributed by atoms with van der Waals surface area (Å²) < 4.78 is 13.3. The number of benzene rings is 1. The zero-order valence-corrected chi connectivity index (χ0v) is 20.4. The van der Waals surface area contributed by atoms with Gasteiger partial charge in [0.25, 0.3) is 0 Å². The molecule has 1 aliphatic heterocycles. The van der Waals surface area contributed by atoms with Crippen molar-refractivity contribution in [2.24, 2.45) is 5.92 Å². The Labute approximate surface area is 200 Å². The Hall–Kier alpha value is -3.11. The van der Waals surface area contributed by atoms with E-state index in [4.69, 9.17) is 9.47 Å². The lowest BCUT2D eigenvalue weighted by Gasteiger charge is -2.36. The molecular weight excluding hydrogens is 432 g/mol. The Morgan fingerprint density at radius 1 is 1.15 bits per heavy atom. The molecule has 0 amide bonds. The lowest BCUT2D eigenvalue weighted by Crippen LogP contribution is -2.46. The number of nitrogens with zero attached hydrogens (tertiary/aromatic N) is 7. The lowest BCUT2D eigenvalue weighted by atomic mass is 9.93. The van der Waals surface area contributed by atoms with Crippen molar-refractivity contribution in [2.75, 3.05) is 38.3 Å². The van der Waals surface area contributed by atoms with Gasteiger partial charge in [0.2, 0.25) is 5.95 Å². The number of piperidine rings is 1. The van der Waals surface area contributed by atoms with Crippen LogP contribution in [0.3, 0.4) is 0 Å². The fourth-order valence-corrected chi connectivity index (χ4v) is 4.48. The molecule has 1 N–H and O–H groups in total. The van der Waals surface area contributed by atoms with Crippen molar-refractivity contribution in [1.29, 1.82) is 0 Å². The SMILES string of the molecule is CCOC(C)(C)C(NCC1CCN(c2ncccn2)CC1)c1nnnn1-c1cccc(OC)c1. The number of aromatic nitrogens is 6. The summed E-state index contributed by atoms with van der Waals surface area (Å²) >= 11 is 0. The van der Waals surface area contributed by atoms with Crippen LogP contribution in [0.4, 0.5) is 5.95 Å². The third-order valence-corrected chi connectivity index (χ3v) is 6.32. The Kier molecular flexibility index (Phi) is 7.69. The molecule has 1 aliphatic rings. The van der Waals surface area contributed by atoms with Gasteiger partial charge in [-0.2, -0.15) is 4.68 Å². The molecule has 1 aromatic carbocycles. The third kappa shape index (κ3) is 5.51. The van der Waals surface area contributed by atoms with Gasteiger partial charge in [0.1, 0.15) is 5.75 Å². The zero-order chi connectivity index (χ0) is 24.0. The highest BCUT2D eigenvalue weighted by molar-refractivity contribution is 5.39. The van der Waals surface area contributed by atoms with Gasteiger partial charge in [0.05, 0.1) is 24.4 Å². The molecule has 34 heavy (non-hydrogen) atoms. The summed E-state index contributed by atoms with van der Waals surface area (Å²) in [4.78, 5) is 11.0. The van der Waals surface area contributed by atoms with Crippen molar-refractivity contribution in [2.45, 2.75) is 45.3 Å². The molecule has 2 aromatic heterocycles. The number of tetrazole rings is 1. The van der Waals surface area contributed by atoms with Crippen LogP contribution in [0.15, 0.2) is 42.7 Å². The quantitative estimate of drug-likeness (QED) is 0.483. The van der Waals surface area contributed by atoms with E-state index in [0.29, 0.717) is 18.3 Å². The highest BCUT2D eigenvalue weighted by Crippen LogP contribution is 2.30. The predicted molar refractivity (Wildman–Crippen MR) is 129 cm³/mol. The Morgan fingerprint density at radius 3 is 2.62 bits per heavy atom. The molecule has 1 saturated heterocycles. The minimum atomic E-state index is -0.515. The summed E-state index contributed by atoms with van der Waals surface area (Å²) in [6, 6.07) is 9.37. The highest BCUT2D eigenvalue weighted by Gasteiger charge is 2.36. The van der Waals surface area contributed by atoms with Gasteiger partial charge in [-0.25, -0.2) is 9.97 Å². The van der Waals surface area contributed by atoms with Crippen molar-refractivity contribution < 1.29 is 9.47 Å². The van der Waals surface area contributed by atoms with Crippen LogP contribution >= 0.6 is 0 Å². The van der Waals surface area contributed by atoms with E-state index in [2.05, 4.69) is 49.6 Å². The third-order valence-electron chi connectivity index (χ3n) is 6.32. The molecule has 3 aromatic rings. The number of anilines is 1. The van der Waals surface area contributed by atoms with Crippen molar-refractivity contribution in [3.8, 4) is 11.4 Å². The van der Waals surface area contributed by atoms with E-state index in [0.717, 1.165) is 49.9 Å². The maximum Gasteiger partial charge on any atom is 0.225 e. The fourth-order valence-electron chi connectivity index (χ4n) is 4.48. The van der Waals surface area contributed by atoms with E-state index in [1.54, 1.807) is 24.2 Å². The van der Waals surface area contributed by atoms with E-state index in [1.165, 1.54) is 0 Å². The second-order valence-electron chi connectivity index (χ2n) is 9.01. The second-order valence-corrected chi connectivity index (χ2v) is 9.01. The van der Waals surface area contributed by atoms with Crippen LogP contribution in [0, 0.1) is 5.92 Å². The first kappa shape index (κ1) is 24.0. The molecule has 4 rings (SSSR count). The normalized spacial score (nSPS) is 15.9. The van der Waals surface area contributed by atoms with E-state index >= 15 is 0 Å². The summed E-state index contributed by atoms with van der Waals surface area (Å²) in [7, 11) is 1.65. The zero-order valence-electron chi connectivity index (χ0n) is 20.4. The molecule has 0 aliphatic carbocycles. The van der Waals surface area contributed by atoms with Gasteiger partial charge in [-0.05, 0) is 74.7 Å². The summed E-state index contributed by atoms with van der Waals surface area (Å²) in [5.74, 6) is 2.80. The van der Waals surface area contributed by atoms with Gasteiger partial charge >= 0.3 is 0 Å². The standard InChI is InChI=1S/C24H34N8O2/c1-5-34-24(2,3)21(22-28-29-30-32(22)19-8-6-9-20(16-19)33-4)27-17-18-10-14-31(15-11-18)23-25-12-7-13-26-23/h6-9,12-13,16,18,21,27H,5,10-11,14-15,17H2,1-4H3. The fraction of sp³-hybridized carbons (Fsp3) is 0.542. The number of hydrogen-bond donors (Lipinski definition) is 1. The van der Waals surface area contributed by atoms with Crippen molar-refractivity contribution in [3.05, 3.63) is 48.5 Å². The molecule has 0 bridgehead atoms. The maximum absolute atomic E-state index is 6.14. The molecule has 1 unspecified atom stereocenters. The minimum Gasteiger partial charge on any atom is -0.497 e. The molecular formula is C24H34N8O2. The highest BCUT2D eigenvalue weighted by atomic mass is 16.5. The molecule has 0 saturated carbocycles. The van der Waals surface area contributed by atoms with Crippen LogP contribution in [0.2, 0.25) is 0 Å². The first-order valence-corrected chi connectivity index (χ1v) is 11.8. The largest absolute Gasteiger partial charge is 0.497 e. The van der Waals surface area contributed by atoms with E-state index < -0.39 is 5.60 Å². The van der Waals surface area contributed by atoms with Gasteiger partial charge in [0.15, 0.2) is 5.82 Å². The van der Waals surface area contributed by atoms with Gasteiger partial charge < -0.3 is 19.7 Å². The van der Waals surface area contributed by atoms with Crippen LogP contribution in [0.1, 0.15) is 45.5 Å². The number of hydrogen-bond acceptors (Lipinski definition) is 9. The van der Waals surface area contributed by atoms with Crippen LogP contribution in [0.25, 0.3) is 5.69 Å². The number of ether oxygens (including phenoxy) is 2. The number of rotatable bonds is 10. The van der Waals surface area contributed by atoms with E-state index in [9.17, 15) is 0 Å². The molecule has 3 heterocycles. The molecule has 0 spiro atoms. The maximum atomic E-state index is 6.14. The Morgan fingerprint density at radius 2 is 1.91 bits per heavy atom. The molecule has 10 heteroatoms. The van der Waals surface area contributed by atoms with Crippen LogP contribution in [0.5, 0.6) is 5.75 Å². The summed E-state index contributed by atoms with van der Waals surface area (Å²) in [5.41, 5.74) is 0.327. The van der Waals surface area contributed by atoms with Gasteiger partial charge in [-0.15, -0.1) is 5.10 Å². The molecule has 1 fully saturated rings. The van der Waals surface area contributed by atoms with Crippen LogP contribution < -0.4 is 15.0 Å². The number of methoxy groups -OCH3 is 1. The Bertz CT molecular complexity index is 1030. The van der Waals surface area contributed by atoms with Crippen molar-refractivity contribution in [3.63, 3.8) is 0 Å². The van der Waals surface area contributed by atoms with Crippen LogP contribution in [-0.4, -0.2) is 69.1 Å². The molecule has 0 radical (unpaired) electrons. The average Bonchev–Trinajstić information content (AvgIpc) is 3.34. The van der Waals surface area contributed by atoms with E-state index in [-0.39, 0.29) is 6.04 Å². The predicted octanol–water partition coefficient (Wildman–Crippen LogP) is 2.82. The van der Waals surface area contributed by atoms with Gasteiger partial charge in [-0.1, -0.05) is 6.07 Å². The van der Waals surface area contributed by atoms with E-state index in [1.807, 2.05) is 37.3 Å². The van der Waals surface area contributed by atoms with Crippen molar-refractivity contribution >= 4 is 5.95 Å². The first-order chi connectivity index (χ1) is 16.5. The van der Waals surface area contributed by atoms with Gasteiger partial charge in [-0.3, -0.25) is 0 Å². The second kappa shape index (κ2) is 10.9. The van der Waals surface area contributed by atoms with Gasteiger partial charge in [0, 0.05) is 38.2 Å². The molecule has 10 nitrogen and oxygen atoms in total.